The van der Waals surface area contributed by atoms with Crippen LogP contribution in [-0.4, -0.2) is 30.9 Å². The molecule has 0 amide bonds. The lowest BCUT2D eigenvalue weighted by atomic mass is 10.0. The van der Waals surface area contributed by atoms with Crippen LogP contribution in [0.4, 0.5) is 0 Å². The summed E-state index contributed by atoms with van der Waals surface area (Å²) in [5, 5.41) is 0. The zero-order chi connectivity index (χ0) is 17.9. The number of nitrogens with zero attached hydrogens (tertiary/aromatic N) is 4. The number of hydrogen-bond donors (Lipinski definition) is 0. The summed E-state index contributed by atoms with van der Waals surface area (Å²) in [5.74, 6) is -0.259. The van der Waals surface area contributed by atoms with E-state index in [4.69, 9.17) is 0 Å². The molecule has 6 nitrogen and oxygen atoms in total. The lowest BCUT2D eigenvalue weighted by Crippen LogP contribution is -2.09. The van der Waals surface area contributed by atoms with Crippen molar-refractivity contribution in [2.45, 2.75) is 0 Å². The number of benzene rings is 2. The molecule has 6 heteroatoms. The summed E-state index contributed by atoms with van der Waals surface area (Å²) in [6.07, 6.45) is 9.33. The van der Waals surface area contributed by atoms with Gasteiger partial charge in [0.1, 0.15) is 12.7 Å². The van der Waals surface area contributed by atoms with Gasteiger partial charge in [-0.05, 0) is 35.4 Å². The van der Waals surface area contributed by atoms with Crippen LogP contribution in [0.25, 0.3) is 11.1 Å². The van der Waals surface area contributed by atoms with Crippen molar-refractivity contribution in [2.75, 3.05) is 0 Å². The first kappa shape index (κ1) is 15.7. The van der Waals surface area contributed by atoms with Crippen LogP contribution >= 0.6 is 0 Å². The minimum atomic E-state index is -0.129. The summed E-state index contributed by atoms with van der Waals surface area (Å²) in [4.78, 5) is 32.3. The van der Waals surface area contributed by atoms with E-state index < -0.39 is 0 Å². The highest BCUT2D eigenvalue weighted by Gasteiger charge is 2.10. The van der Waals surface area contributed by atoms with Gasteiger partial charge in [0, 0.05) is 35.9 Å². The van der Waals surface area contributed by atoms with Gasteiger partial charge in [0.2, 0.25) is 0 Å². The lowest BCUT2D eigenvalue weighted by molar-refractivity contribution is 0.0951. The second-order valence-corrected chi connectivity index (χ2v) is 5.70. The molecule has 0 bridgehead atoms. The van der Waals surface area contributed by atoms with Gasteiger partial charge in [0.25, 0.3) is 11.8 Å². The summed E-state index contributed by atoms with van der Waals surface area (Å²) in [6, 6.07) is 14.7. The summed E-state index contributed by atoms with van der Waals surface area (Å²) in [5.41, 5.74) is 3.10. The molecule has 0 spiro atoms. The fraction of sp³-hybridized carbons (Fsp3) is 0. The third-order valence-corrected chi connectivity index (χ3v) is 4.07. The Kier molecular flexibility index (Phi) is 3.99. The average molecular weight is 342 g/mol. The van der Waals surface area contributed by atoms with E-state index in [1.54, 1.807) is 49.1 Å². The molecular formula is C20H14N4O2. The van der Waals surface area contributed by atoms with E-state index in [0.29, 0.717) is 11.1 Å². The van der Waals surface area contributed by atoms with E-state index >= 15 is 0 Å². The van der Waals surface area contributed by atoms with Crippen molar-refractivity contribution in [3.05, 3.63) is 97.1 Å². The van der Waals surface area contributed by atoms with Gasteiger partial charge >= 0.3 is 0 Å². The molecule has 0 fully saturated rings. The van der Waals surface area contributed by atoms with Crippen LogP contribution in [0.15, 0.2) is 86.0 Å². The van der Waals surface area contributed by atoms with Crippen LogP contribution < -0.4 is 0 Å². The molecule has 126 valence electrons. The van der Waals surface area contributed by atoms with Gasteiger partial charge in [-0.1, -0.05) is 24.3 Å². The first-order valence-electron chi connectivity index (χ1n) is 7.98. The molecule has 0 aliphatic carbocycles. The quantitative estimate of drug-likeness (QED) is 0.573. The van der Waals surface area contributed by atoms with Crippen molar-refractivity contribution >= 4 is 11.8 Å². The van der Waals surface area contributed by atoms with E-state index in [1.807, 2.05) is 24.3 Å². The number of imidazole rings is 2. The smallest absolute Gasteiger partial charge is 0.263 e. The van der Waals surface area contributed by atoms with Crippen LogP contribution in [0, 0.1) is 0 Å². The van der Waals surface area contributed by atoms with Crippen LogP contribution in [0.3, 0.4) is 0 Å². The fourth-order valence-corrected chi connectivity index (χ4v) is 2.67. The normalized spacial score (nSPS) is 10.6. The van der Waals surface area contributed by atoms with Crippen molar-refractivity contribution < 1.29 is 9.59 Å². The van der Waals surface area contributed by atoms with Crippen molar-refractivity contribution in [1.82, 2.24) is 19.1 Å². The van der Waals surface area contributed by atoms with Crippen molar-refractivity contribution in [2.24, 2.45) is 0 Å². The number of rotatable bonds is 3. The molecule has 2 heterocycles. The van der Waals surface area contributed by atoms with Crippen molar-refractivity contribution in [3.63, 3.8) is 0 Å². The highest BCUT2D eigenvalue weighted by Crippen LogP contribution is 2.21. The lowest BCUT2D eigenvalue weighted by Gasteiger charge is -2.06. The summed E-state index contributed by atoms with van der Waals surface area (Å²) >= 11 is 0. The molecular weight excluding hydrogens is 328 g/mol. The van der Waals surface area contributed by atoms with E-state index in [0.717, 1.165) is 11.1 Å². The number of hydrogen-bond acceptors (Lipinski definition) is 4. The molecule has 26 heavy (non-hydrogen) atoms. The first-order valence-corrected chi connectivity index (χ1v) is 7.98. The second-order valence-electron chi connectivity index (χ2n) is 5.70. The van der Waals surface area contributed by atoms with Gasteiger partial charge in [-0.3, -0.25) is 18.7 Å². The Morgan fingerprint density at radius 2 is 1.00 bits per heavy atom. The van der Waals surface area contributed by atoms with Gasteiger partial charge in [-0.15, -0.1) is 0 Å². The van der Waals surface area contributed by atoms with Crippen LogP contribution in [0.5, 0.6) is 0 Å². The molecule has 0 saturated heterocycles. The van der Waals surface area contributed by atoms with Crippen molar-refractivity contribution in [3.8, 4) is 11.1 Å². The minimum absolute atomic E-state index is 0.129. The van der Waals surface area contributed by atoms with Gasteiger partial charge in [0.05, 0.1) is 0 Å². The topological polar surface area (TPSA) is 69.8 Å². The van der Waals surface area contributed by atoms with E-state index in [9.17, 15) is 9.59 Å². The van der Waals surface area contributed by atoms with Gasteiger partial charge in [-0.25, -0.2) is 9.97 Å². The summed E-state index contributed by atoms with van der Waals surface area (Å²) < 4.78 is 2.87. The molecule has 4 rings (SSSR count). The number of carbonyl (C=O) groups excluding carboxylic acids is 2. The van der Waals surface area contributed by atoms with Gasteiger partial charge < -0.3 is 0 Å². The average Bonchev–Trinajstić information content (AvgIpc) is 3.41. The largest absolute Gasteiger partial charge is 0.272 e. The molecule has 0 N–H and O–H groups in total. The Hall–Kier alpha value is -3.80. The van der Waals surface area contributed by atoms with E-state index in [1.165, 1.54) is 21.8 Å². The van der Waals surface area contributed by atoms with Gasteiger partial charge in [-0.2, -0.15) is 0 Å². The predicted molar refractivity (Wildman–Crippen MR) is 95.8 cm³/mol. The Balaban J connectivity index is 1.54. The summed E-state index contributed by atoms with van der Waals surface area (Å²) in [6.45, 7) is 0. The minimum Gasteiger partial charge on any atom is -0.272 e. The maximum absolute atomic E-state index is 12.3. The Morgan fingerprint density at radius 3 is 1.31 bits per heavy atom. The van der Waals surface area contributed by atoms with Crippen LogP contribution in [0.2, 0.25) is 0 Å². The SMILES string of the molecule is O=C(c1ccc(-c2ccc(C(=O)n3ccnc3)cc2)cc1)n1ccnc1. The van der Waals surface area contributed by atoms with Crippen LogP contribution in [0.1, 0.15) is 20.7 Å². The molecule has 0 atom stereocenters. The maximum atomic E-state index is 12.3. The molecule has 2 aromatic heterocycles. The second kappa shape index (κ2) is 6.60. The molecule has 0 unspecified atom stereocenters. The zero-order valence-corrected chi connectivity index (χ0v) is 13.7. The zero-order valence-electron chi connectivity index (χ0n) is 13.7. The maximum Gasteiger partial charge on any atom is 0.263 e. The third kappa shape index (κ3) is 2.95. The number of aromatic nitrogens is 4. The Labute approximate surface area is 149 Å². The predicted octanol–water partition coefficient (Wildman–Crippen LogP) is 3.12. The monoisotopic (exact) mass is 342 g/mol. The van der Waals surface area contributed by atoms with Crippen LogP contribution in [-0.2, 0) is 0 Å². The van der Waals surface area contributed by atoms with E-state index in [2.05, 4.69) is 9.97 Å². The molecule has 2 aromatic carbocycles. The first-order chi connectivity index (χ1) is 12.7. The van der Waals surface area contributed by atoms with E-state index in [-0.39, 0.29) is 11.8 Å². The molecule has 4 aromatic rings. The Bertz CT molecular complexity index is 945. The third-order valence-electron chi connectivity index (χ3n) is 4.07. The van der Waals surface area contributed by atoms with Gasteiger partial charge in [0.15, 0.2) is 0 Å². The highest BCUT2D eigenvalue weighted by molar-refractivity contribution is 5.97. The Morgan fingerprint density at radius 1 is 0.615 bits per heavy atom. The molecule has 0 aliphatic rings. The fourth-order valence-electron chi connectivity index (χ4n) is 2.67. The molecule has 0 saturated carbocycles. The standard InChI is InChI=1S/C20H14N4O2/c25-19(23-11-9-21-13-23)17-5-1-15(2-6-17)16-3-7-18(8-4-16)20(26)24-12-10-22-14-24/h1-14H. The van der Waals surface area contributed by atoms with Crippen molar-refractivity contribution in [1.29, 1.82) is 0 Å². The highest BCUT2D eigenvalue weighted by atomic mass is 16.2. The molecule has 0 radical (unpaired) electrons. The summed E-state index contributed by atoms with van der Waals surface area (Å²) in [7, 11) is 0. The number of carbonyl (C=O) groups is 2. The molecule has 0 aliphatic heterocycles.